The van der Waals surface area contributed by atoms with Crippen molar-refractivity contribution in [1.29, 1.82) is 0 Å². The van der Waals surface area contributed by atoms with Crippen LogP contribution in [-0.4, -0.2) is 29.9 Å². The molecule has 7 aromatic heterocycles. The molecule has 256 valence electrons. The van der Waals surface area contributed by atoms with Gasteiger partial charge in [-0.3, -0.25) is 0 Å². The average Bonchev–Trinajstić information content (AvgIpc) is 3.27. The summed E-state index contributed by atoms with van der Waals surface area (Å²) >= 11 is 0. The number of fused-ring (bicyclic) bond motifs is 18. The lowest BCUT2D eigenvalue weighted by Gasteiger charge is -1.96. The van der Waals surface area contributed by atoms with Gasteiger partial charge >= 0.3 is 0 Å². The molecule has 0 saturated carbocycles. The first kappa shape index (κ1) is 33.4. The maximum atomic E-state index is 4.92. The molecule has 0 amide bonds. The van der Waals surface area contributed by atoms with Gasteiger partial charge in [-0.2, -0.15) is 0 Å². The smallest absolute Gasteiger partial charge is 0.114 e. The van der Waals surface area contributed by atoms with Crippen molar-refractivity contribution in [2.24, 2.45) is 0 Å². The molecule has 9 aromatic rings. The van der Waals surface area contributed by atoms with Gasteiger partial charge in [-0.25, -0.2) is 29.9 Å². The Morgan fingerprint density at radius 3 is 0.661 bits per heavy atom. The van der Waals surface area contributed by atoms with E-state index in [0.29, 0.717) is 66.2 Å². The number of aromatic nitrogens is 6. The van der Waals surface area contributed by atoms with Crippen molar-refractivity contribution in [2.75, 3.05) is 0 Å². The van der Waals surface area contributed by atoms with Gasteiger partial charge in [-0.05, 0) is 121 Å². The minimum atomic E-state index is 0.614. The summed E-state index contributed by atoms with van der Waals surface area (Å²) in [5.74, 6) is 0. The normalized spacial score (nSPS) is 10.3. The van der Waals surface area contributed by atoms with Crippen LogP contribution in [0.4, 0.5) is 0 Å². The molecule has 0 aliphatic carbocycles. The lowest BCUT2D eigenvalue weighted by Crippen LogP contribution is -1.82. The molecular formula is C50H26N6. The van der Waals surface area contributed by atoms with Crippen LogP contribution in [0.15, 0.2) is 158 Å². The highest BCUT2D eigenvalue weighted by molar-refractivity contribution is 5.85. The van der Waals surface area contributed by atoms with Crippen LogP contribution in [0.3, 0.4) is 0 Å². The summed E-state index contributed by atoms with van der Waals surface area (Å²) in [5.41, 5.74) is 8.10. The second-order valence-electron chi connectivity index (χ2n) is 12.5. The quantitative estimate of drug-likeness (QED) is 0.156. The summed E-state index contributed by atoms with van der Waals surface area (Å²) in [6.07, 6.45) is 0. The minimum absolute atomic E-state index is 0.614. The number of pyridine rings is 6. The number of hydrogen-bond donors (Lipinski definition) is 0. The first-order valence-corrected chi connectivity index (χ1v) is 17.8. The van der Waals surface area contributed by atoms with E-state index in [1.54, 1.807) is 0 Å². The Morgan fingerprint density at radius 2 is 0.411 bits per heavy atom. The Bertz CT molecular complexity index is 2860. The fourth-order valence-corrected chi connectivity index (χ4v) is 5.96. The zero-order valence-electron chi connectivity index (χ0n) is 29.7. The molecule has 7 heterocycles. The van der Waals surface area contributed by atoms with Crippen molar-refractivity contribution in [3.8, 4) is 0 Å². The third-order valence-electron chi connectivity index (χ3n) is 8.70. The standard InChI is InChI=1S/C50H26N6/c1-2-12-36-28-32-40-16-6-20-44(52-40)48-24-10-26-50(56-48)46-22-8-18-42(54-46)34-30-38-14-4-3-13-37(38)29-33-41-17-7-21-45(53-41)49-25-9-23-47(55-49)43-19-5-15-39(51-43)31-27-35(36)11-1/h1-26H. The SMILES string of the molecule is c1c2cccc(n2)c2cccc(n2)c2cccc(c#cc3ccccc3c#cc3cccc(n3)c3cccc(n3)c3cccc(c#cc4ccccc4c#1)n3)n2. The van der Waals surface area contributed by atoms with Crippen molar-refractivity contribution < 1.29 is 0 Å². The topological polar surface area (TPSA) is 77.3 Å². The van der Waals surface area contributed by atoms with Crippen LogP contribution in [0.5, 0.6) is 0 Å². The second kappa shape index (κ2) is 15.3. The van der Waals surface area contributed by atoms with Gasteiger partial charge in [-0.15, -0.1) is 0 Å². The molecule has 6 nitrogen and oxygen atoms in total. The van der Waals surface area contributed by atoms with Crippen LogP contribution in [0.25, 0.3) is 87.7 Å². The maximum Gasteiger partial charge on any atom is 0.114 e. The molecule has 56 heavy (non-hydrogen) atoms. The number of rotatable bonds is 0. The van der Waals surface area contributed by atoms with Crippen molar-refractivity contribution in [2.45, 2.75) is 0 Å². The molecule has 0 radical (unpaired) electrons. The maximum absolute atomic E-state index is 4.92. The Kier molecular flexibility index (Phi) is 9.12. The van der Waals surface area contributed by atoms with Crippen molar-refractivity contribution >= 4 is 87.7 Å². The lowest BCUT2D eigenvalue weighted by atomic mass is 10.2. The van der Waals surface area contributed by atoms with E-state index in [4.69, 9.17) is 29.9 Å². The van der Waals surface area contributed by atoms with Gasteiger partial charge < -0.3 is 0 Å². The number of benzene rings is 2. The lowest BCUT2D eigenvalue weighted by molar-refractivity contribution is 1.41. The molecule has 0 atom stereocenters. The molecule has 0 spiro atoms. The van der Waals surface area contributed by atoms with E-state index in [1.165, 1.54) is 0 Å². The van der Waals surface area contributed by atoms with Crippen molar-refractivity contribution in [1.82, 2.24) is 29.9 Å². The highest BCUT2D eigenvalue weighted by Gasteiger charge is 1.98. The van der Waals surface area contributed by atoms with E-state index in [0.717, 1.165) is 21.5 Å². The molecule has 0 N–H and O–H groups in total. The van der Waals surface area contributed by atoms with E-state index >= 15 is 0 Å². The number of nitrogens with zero attached hydrogens (tertiary/aromatic N) is 6. The zero-order valence-corrected chi connectivity index (χ0v) is 29.7. The van der Waals surface area contributed by atoms with Gasteiger partial charge in [0.2, 0.25) is 0 Å². The molecule has 0 aliphatic heterocycles. The third kappa shape index (κ3) is 7.54. The van der Waals surface area contributed by atoms with Crippen molar-refractivity contribution in [3.63, 3.8) is 0 Å². The van der Waals surface area contributed by atoms with Crippen LogP contribution in [-0.2, 0) is 0 Å². The van der Waals surface area contributed by atoms with Crippen LogP contribution >= 0.6 is 0 Å². The van der Waals surface area contributed by atoms with Gasteiger partial charge in [0.05, 0.1) is 44.1 Å². The van der Waals surface area contributed by atoms with E-state index < -0.39 is 0 Å². The summed E-state index contributed by atoms with van der Waals surface area (Å²) in [7, 11) is 0. The molecule has 9 rings (SSSR count). The summed E-state index contributed by atoms with van der Waals surface area (Å²) in [4.78, 5) is 29.2. The largest absolute Gasteiger partial charge is 0.245 e. The fourth-order valence-electron chi connectivity index (χ4n) is 5.96. The van der Waals surface area contributed by atoms with E-state index in [1.807, 2.05) is 158 Å². The molecule has 6 heteroatoms. The predicted molar refractivity (Wildman–Crippen MR) is 223 cm³/mol. The molecule has 12 bridgehead atoms. The predicted octanol–water partition coefficient (Wildman–Crippen LogP) is 10.7. The Balaban J connectivity index is 1.30. The number of hydrogen-bond acceptors (Lipinski definition) is 6. The van der Waals surface area contributed by atoms with Crippen molar-refractivity contribution in [3.05, 3.63) is 206 Å². The van der Waals surface area contributed by atoms with Gasteiger partial charge in [0.15, 0.2) is 0 Å². The highest BCUT2D eigenvalue weighted by atomic mass is 14.8. The zero-order chi connectivity index (χ0) is 37.5. The summed E-state index contributed by atoms with van der Waals surface area (Å²) < 4.78 is 0. The summed E-state index contributed by atoms with van der Waals surface area (Å²) in [6.45, 7) is 0. The van der Waals surface area contributed by atoms with Gasteiger partial charge in [0.1, 0.15) is 22.1 Å². The second-order valence-corrected chi connectivity index (χ2v) is 12.5. The molecular weight excluding hydrogens is 685 g/mol. The van der Waals surface area contributed by atoms with Crippen LogP contribution in [0.2, 0.25) is 0 Å². The molecule has 0 fully saturated rings. The Morgan fingerprint density at radius 1 is 0.196 bits per heavy atom. The Labute approximate surface area is 322 Å². The van der Waals surface area contributed by atoms with Gasteiger partial charge in [-0.1, -0.05) is 84.9 Å². The molecule has 0 unspecified atom stereocenters. The van der Waals surface area contributed by atoms with E-state index in [2.05, 4.69) is 48.5 Å². The molecule has 2 aromatic carbocycles. The first-order chi connectivity index (χ1) is 27.7. The van der Waals surface area contributed by atoms with Gasteiger partial charge in [0.25, 0.3) is 0 Å². The Hall–Kier alpha value is -8.42. The minimum Gasteiger partial charge on any atom is -0.245 e. The first-order valence-electron chi connectivity index (χ1n) is 17.8. The third-order valence-corrected chi connectivity index (χ3v) is 8.70. The highest BCUT2D eigenvalue weighted by Crippen LogP contribution is 2.15. The average molecular weight is 711 g/mol. The molecule has 0 aliphatic rings. The fraction of sp³-hybridized carbons (Fsp3) is 0. The van der Waals surface area contributed by atoms with Crippen LogP contribution < -0.4 is 0 Å². The van der Waals surface area contributed by atoms with Crippen LogP contribution in [0.1, 0.15) is 0 Å². The summed E-state index contributed by atoms with van der Waals surface area (Å²) in [5, 5.41) is 3.15. The molecule has 0 saturated heterocycles. The van der Waals surface area contributed by atoms with Gasteiger partial charge in [0, 0.05) is 21.5 Å². The monoisotopic (exact) mass is 710 g/mol. The van der Waals surface area contributed by atoms with E-state index in [-0.39, 0.29) is 0 Å². The summed E-state index contributed by atoms with van der Waals surface area (Å²) in [6, 6.07) is 76.2. The van der Waals surface area contributed by atoms with Crippen LogP contribution in [0, 0.1) is 48.5 Å². The van der Waals surface area contributed by atoms with E-state index in [9.17, 15) is 0 Å².